The Kier molecular flexibility index (Phi) is 6.89. The molecule has 5 heteroatoms. The summed E-state index contributed by atoms with van der Waals surface area (Å²) >= 11 is 0. The molecule has 0 aromatic rings. The highest BCUT2D eigenvalue weighted by Crippen LogP contribution is 2.68. The van der Waals surface area contributed by atoms with E-state index >= 15 is 0 Å². The minimum absolute atomic E-state index is 0.0945. The standard InChI is InChI=1S/C27H42O5/c1-17(6-11-25(29)31-5)21-9-10-22-20-8-7-18-14-19(28)12-13-26(18,2)23(20)15-24(27(21,22)3)32-16-30-4/h14,17,20-24H,6-13,15-16H2,1-5H3/t17-,20+,21-,22+,23+,24+,26+,27-/m1/s1. The van der Waals surface area contributed by atoms with Crippen molar-refractivity contribution >= 4 is 11.8 Å². The molecule has 4 aliphatic carbocycles. The maximum absolute atomic E-state index is 12.2. The first-order valence-corrected chi connectivity index (χ1v) is 12.7. The van der Waals surface area contributed by atoms with Gasteiger partial charge in [-0.1, -0.05) is 26.3 Å². The molecule has 0 spiro atoms. The third-order valence-corrected chi connectivity index (χ3v) is 10.2. The van der Waals surface area contributed by atoms with Gasteiger partial charge in [-0.25, -0.2) is 0 Å². The van der Waals surface area contributed by atoms with Gasteiger partial charge in [-0.2, -0.15) is 0 Å². The summed E-state index contributed by atoms with van der Waals surface area (Å²) in [6.45, 7) is 7.53. The number of fused-ring (bicyclic) bond motifs is 5. The van der Waals surface area contributed by atoms with Crippen LogP contribution in [-0.2, 0) is 23.8 Å². The lowest BCUT2D eigenvalue weighted by Crippen LogP contribution is -2.57. The number of esters is 1. The van der Waals surface area contributed by atoms with E-state index in [0.29, 0.717) is 55.0 Å². The number of ether oxygens (including phenoxy) is 3. The van der Waals surface area contributed by atoms with Gasteiger partial charge < -0.3 is 14.2 Å². The first-order chi connectivity index (χ1) is 15.3. The molecule has 0 radical (unpaired) electrons. The fourth-order valence-corrected chi connectivity index (χ4v) is 8.51. The summed E-state index contributed by atoms with van der Waals surface area (Å²) < 4.78 is 16.7. The molecule has 4 rings (SSSR count). The molecule has 4 aliphatic rings. The van der Waals surface area contributed by atoms with Crippen molar-refractivity contribution in [1.82, 2.24) is 0 Å². The highest BCUT2D eigenvalue weighted by atomic mass is 16.7. The Morgan fingerprint density at radius 3 is 2.66 bits per heavy atom. The second-order valence-electron chi connectivity index (χ2n) is 11.4. The minimum atomic E-state index is -0.112. The average molecular weight is 447 g/mol. The van der Waals surface area contributed by atoms with Crippen molar-refractivity contribution in [3.63, 3.8) is 0 Å². The van der Waals surface area contributed by atoms with Gasteiger partial charge in [0.05, 0.1) is 13.2 Å². The summed E-state index contributed by atoms with van der Waals surface area (Å²) in [6, 6.07) is 0. The molecule has 0 bridgehead atoms. The van der Waals surface area contributed by atoms with Crippen LogP contribution < -0.4 is 0 Å². The van der Waals surface area contributed by atoms with Crippen LogP contribution >= 0.6 is 0 Å². The SMILES string of the molecule is COCO[C@H]1C[C@H]2[C@@H](CCC3=CC(=O)CC[C@@]32C)[C@@H]2CC[C@H]([C@H](C)CCC(=O)OC)[C@@]12C. The second-order valence-corrected chi connectivity index (χ2v) is 11.4. The molecule has 0 aromatic heterocycles. The summed E-state index contributed by atoms with van der Waals surface area (Å²) in [5.41, 5.74) is 1.61. The van der Waals surface area contributed by atoms with Crippen LogP contribution in [0, 0.1) is 40.4 Å². The fourth-order valence-electron chi connectivity index (χ4n) is 8.51. The Morgan fingerprint density at radius 1 is 1.16 bits per heavy atom. The molecule has 0 N–H and O–H groups in total. The predicted octanol–water partition coefficient (Wildman–Crippen LogP) is 5.32. The number of methoxy groups -OCH3 is 2. The van der Waals surface area contributed by atoms with E-state index < -0.39 is 0 Å². The zero-order valence-electron chi connectivity index (χ0n) is 20.7. The maximum atomic E-state index is 12.2. The van der Waals surface area contributed by atoms with E-state index in [0.717, 1.165) is 25.7 Å². The number of ketones is 1. The monoisotopic (exact) mass is 446 g/mol. The van der Waals surface area contributed by atoms with E-state index in [1.165, 1.54) is 31.9 Å². The number of hydrogen-bond donors (Lipinski definition) is 0. The second kappa shape index (κ2) is 9.21. The van der Waals surface area contributed by atoms with Gasteiger partial charge in [0, 0.05) is 25.4 Å². The van der Waals surface area contributed by atoms with Crippen LogP contribution in [0.5, 0.6) is 0 Å². The molecule has 0 saturated heterocycles. The molecule has 3 saturated carbocycles. The Hall–Kier alpha value is -1.20. The van der Waals surface area contributed by atoms with Crippen LogP contribution in [0.4, 0.5) is 0 Å². The zero-order valence-corrected chi connectivity index (χ0v) is 20.7. The molecule has 0 heterocycles. The van der Waals surface area contributed by atoms with Gasteiger partial charge in [0.2, 0.25) is 0 Å². The summed E-state index contributed by atoms with van der Waals surface area (Å²) in [4.78, 5) is 23.9. The summed E-state index contributed by atoms with van der Waals surface area (Å²) in [5.74, 6) is 3.08. The van der Waals surface area contributed by atoms with Gasteiger partial charge in [-0.05, 0) is 86.0 Å². The Bertz CT molecular complexity index is 759. The fraction of sp³-hybridized carbons (Fsp3) is 0.852. The van der Waals surface area contributed by atoms with Gasteiger partial charge in [0.15, 0.2) is 5.78 Å². The van der Waals surface area contributed by atoms with E-state index in [-0.39, 0.29) is 22.9 Å². The molecule has 180 valence electrons. The van der Waals surface area contributed by atoms with Crippen molar-refractivity contribution in [1.29, 1.82) is 0 Å². The van der Waals surface area contributed by atoms with Crippen molar-refractivity contribution in [3.05, 3.63) is 11.6 Å². The van der Waals surface area contributed by atoms with E-state index in [2.05, 4.69) is 20.8 Å². The topological polar surface area (TPSA) is 61.8 Å². The van der Waals surface area contributed by atoms with Crippen LogP contribution in [0.3, 0.4) is 0 Å². The van der Waals surface area contributed by atoms with Crippen LogP contribution in [0.2, 0.25) is 0 Å². The molecule has 0 aliphatic heterocycles. The van der Waals surface area contributed by atoms with Crippen molar-refractivity contribution in [2.45, 2.75) is 84.7 Å². The van der Waals surface area contributed by atoms with E-state index in [4.69, 9.17) is 14.2 Å². The lowest BCUT2D eigenvalue weighted by Gasteiger charge is -2.61. The van der Waals surface area contributed by atoms with E-state index in [1.54, 1.807) is 7.11 Å². The number of hydrogen-bond acceptors (Lipinski definition) is 5. The quantitative estimate of drug-likeness (QED) is 0.391. The first kappa shape index (κ1) is 23.9. The molecular formula is C27H42O5. The Morgan fingerprint density at radius 2 is 1.94 bits per heavy atom. The maximum Gasteiger partial charge on any atom is 0.305 e. The molecule has 0 unspecified atom stereocenters. The first-order valence-electron chi connectivity index (χ1n) is 12.7. The molecule has 0 amide bonds. The van der Waals surface area contributed by atoms with Gasteiger partial charge in [-0.3, -0.25) is 9.59 Å². The summed E-state index contributed by atoms with van der Waals surface area (Å²) in [6.07, 6.45) is 10.9. The molecule has 3 fully saturated rings. The average Bonchev–Trinajstić information content (AvgIpc) is 3.14. The van der Waals surface area contributed by atoms with E-state index in [1.807, 2.05) is 6.08 Å². The van der Waals surface area contributed by atoms with Gasteiger partial charge in [0.25, 0.3) is 0 Å². The highest BCUT2D eigenvalue weighted by Gasteiger charge is 2.63. The van der Waals surface area contributed by atoms with Crippen LogP contribution in [0.1, 0.15) is 78.6 Å². The van der Waals surface area contributed by atoms with Gasteiger partial charge in [-0.15, -0.1) is 0 Å². The largest absolute Gasteiger partial charge is 0.469 e. The van der Waals surface area contributed by atoms with Crippen molar-refractivity contribution in [2.75, 3.05) is 21.0 Å². The lowest BCUT2D eigenvalue weighted by atomic mass is 9.45. The molecular weight excluding hydrogens is 404 g/mol. The normalized spacial score (nSPS) is 41.8. The summed E-state index contributed by atoms with van der Waals surface area (Å²) in [7, 11) is 3.17. The van der Waals surface area contributed by atoms with Gasteiger partial charge in [0.1, 0.15) is 6.79 Å². The number of carbonyl (C=O) groups is 2. The third kappa shape index (κ3) is 3.87. The van der Waals surface area contributed by atoms with Crippen molar-refractivity contribution in [3.8, 4) is 0 Å². The smallest absolute Gasteiger partial charge is 0.305 e. The Labute approximate surface area is 193 Å². The third-order valence-electron chi connectivity index (χ3n) is 10.2. The minimum Gasteiger partial charge on any atom is -0.469 e. The predicted molar refractivity (Wildman–Crippen MR) is 123 cm³/mol. The van der Waals surface area contributed by atoms with Crippen molar-refractivity contribution < 1.29 is 23.8 Å². The summed E-state index contributed by atoms with van der Waals surface area (Å²) in [5, 5.41) is 0. The number of allylic oxidation sites excluding steroid dienone is 1. The van der Waals surface area contributed by atoms with Crippen LogP contribution in [0.15, 0.2) is 11.6 Å². The van der Waals surface area contributed by atoms with Crippen LogP contribution in [0.25, 0.3) is 0 Å². The molecule has 5 nitrogen and oxygen atoms in total. The molecule has 8 atom stereocenters. The van der Waals surface area contributed by atoms with Gasteiger partial charge >= 0.3 is 5.97 Å². The zero-order chi connectivity index (χ0) is 23.1. The van der Waals surface area contributed by atoms with Crippen molar-refractivity contribution in [2.24, 2.45) is 40.4 Å². The Balaban J connectivity index is 1.62. The number of carbonyl (C=O) groups excluding carboxylic acids is 2. The highest BCUT2D eigenvalue weighted by molar-refractivity contribution is 5.91. The lowest BCUT2D eigenvalue weighted by molar-refractivity contribution is -0.193. The molecule has 32 heavy (non-hydrogen) atoms. The van der Waals surface area contributed by atoms with E-state index in [9.17, 15) is 9.59 Å². The molecule has 0 aromatic carbocycles. The number of rotatable bonds is 7. The van der Waals surface area contributed by atoms with Crippen LogP contribution in [-0.4, -0.2) is 38.9 Å².